The number of carbonyl (C=O) groups is 1. The summed E-state index contributed by atoms with van der Waals surface area (Å²) in [6.07, 6.45) is 3.29. The Morgan fingerprint density at radius 3 is 2.90 bits per heavy atom. The van der Waals surface area contributed by atoms with Crippen LogP contribution in [0.2, 0.25) is 5.15 Å². The maximum absolute atomic E-state index is 10.7. The summed E-state index contributed by atoms with van der Waals surface area (Å²) in [4.78, 5) is 13.0. The van der Waals surface area contributed by atoms with E-state index in [1.165, 1.54) is 0 Å². The molecule has 6 heteroatoms. The average molecular weight is 300 g/mol. The van der Waals surface area contributed by atoms with Gasteiger partial charge in [0.1, 0.15) is 5.15 Å². The van der Waals surface area contributed by atoms with E-state index in [2.05, 4.69) is 10.00 Å². The number of aliphatic carboxylic acids is 1. The number of nitrogens with zero attached hydrogens (tertiary/aromatic N) is 3. The number of carboxylic acid groups (broad SMARTS) is 1. The van der Waals surface area contributed by atoms with E-state index in [0.29, 0.717) is 11.1 Å². The van der Waals surface area contributed by atoms with Crippen molar-refractivity contribution in [2.24, 2.45) is 13.0 Å². The van der Waals surface area contributed by atoms with E-state index < -0.39 is 5.97 Å². The number of piperidine rings is 1. The van der Waals surface area contributed by atoms with Crippen molar-refractivity contribution >= 4 is 17.6 Å². The number of hydrogen-bond acceptors (Lipinski definition) is 3. The van der Waals surface area contributed by atoms with Gasteiger partial charge < -0.3 is 5.11 Å². The van der Waals surface area contributed by atoms with Crippen LogP contribution in [0.25, 0.3) is 0 Å². The zero-order valence-corrected chi connectivity index (χ0v) is 12.9. The van der Waals surface area contributed by atoms with E-state index in [4.69, 9.17) is 16.7 Å². The van der Waals surface area contributed by atoms with Crippen molar-refractivity contribution in [2.45, 2.75) is 39.2 Å². The first kappa shape index (κ1) is 15.3. The zero-order chi connectivity index (χ0) is 14.7. The molecule has 0 bridgehead atoms. The number of halogens is 1. The molecule has 5 nitrogen and oxygen atoms in total. The van der Waals surface area contributed by atoms with Gasteiger partial charge in [-0.2, -0.15) is 5.10 Å². The lowest BCUT2D eigenvalue weighted by Gasteiger charge is -2.32. The Morgan fingerprint density at radius 1 is 1.55 bits per heavy atom. The lowest BCUT2D eigenvalue weighted by molar-refractivity contribution is -0.137. The smallest absolute Gasteiger partial charge is 0.303 e. The summed E-state index contributed by atoms with van der Waals surface area (Å²) in [5.74, 6) is -0.219. The molecule has 1 aliphatic heterocycles. The van der Waals surface area contributed by atoms with E-state index in [0.717, 1.165) is 50.2 Å². The van der Waals surface area contributed by atoms with Crippen molar-refractivity contribution in [3.8, 4) is 0 Å². The fourth-order valence-corrected chi connectivity index (χ4v) is 3.17. The lowest BCUT2D eigenvalue weighted by Crippen LogP contribution is -2.35. The van der Waals surface area contributed by atoms with Gasteiger partial charge in [0.25, 0.3) is 0 Å². The van der Waals surface area contributed by atoms with E-state index >= 15 is 0 Å². The first-order chi connectivity index (χ1) is 9.47. The quantitative estimate of drug-likeness (QED) is 0.907. The molecule has 112 valence electrons. The second-order valence-corrected chi connectivity index (χ2v) is 6.01. The molecule has 0 saturated carbocycles. The molecular weight excluding hydrogens is 278 g/mol. The summed E-state index contributed by atoms with van der Waals surface area (Å²) in [7, 11) is 1.85. The SMILES string of the molecule is Cc1nn(C)c(Cl)c1CN1CCCC(CCC(=O)O)C1. The minimum Gasteiger partial charge on any atom is -0.481 e. The van der Waals surface area contributed by atoms with E-state index in [-0.39, 0.29) is 6.42 Å². The highest BCUT2D eigenvalue weighted by Gasteiger charge is 2.22. The Morgan fingerprint density at radius 2 is 2.30 bits per heavy atom. The van der Waals surface area contributed by atoms with Gasteiger partial charge in [-0.15, -0.1) is 0 Å². The van der Waals surface area contributed by atoms with Gasteiger partial charge in [0.2, 0.25) is 0 Å². The van der Waals surface area contributed by atoms with Crippen molar-refractivity contribution in [2.75, 3.05) is 13.1 Å². The summed E-state index contributed by atoms with van der Waals surface area (Å²) < 4.78 is 1.71. The van der Waals surface area contributed by atoms with E-state index in [1.54, 1.807) is 4.68 Å². The molecule has 0 spiro atoms. The predicted molar refractivity (Wildman–Crippen MR) is 77.8 cm³/mol. The topological polar surface area (TPSA) is 58.4 Å². The molecule has 1 saturated heterocycles. The average Bonchev–Trinajstić information content (AvgIpc) is 2.64. The van der Waals surface area contributed by atoms with Crippen LogP contribution in [-0.4, -0.2) is 38.8 Å². The predicted octanol–water partition coefficient (Wildman–Crippen LogP) is 2.46. The van der Waals surface area contributed by atoms with Crippen LogP contribution in [0, 0.1) is 12.8 Å². The Hall–Kier alpha value is -1.07. The van der Waals surface area contributed by atoms with Gasteiger partial charge in [0, 0.05) is 32.1 Å². The van der Waals surface area contributed by atoms with Gasteiger partial charge in [-0.05, 0) is 38.6 Å². The normalized spacial score (nSPS) is 20.2. The maximum atomic E-state index is 10.7. The van der Waals surface area contributed by atoms with Crippen molar-refractivity contribution in [3.63, 3.8) is 0 Å². The highest BCUT2D eigenvalue weighted by atomic mass is 35.5. The standard InChI is InChI=1S/C14H22ClN3O2/c1-10-12(14(15)17(2)16-10)9-18-7-3-4-11(8-18)5-6-13(19)20/h11H,3-9H2,1-2H3,(H,19,20). The molecule has 0 aliphatic carbocycles. The third-order valence-corrected chi connectivity index (χ3v) is 4.49. The Labute approximate surface area is 124 Å². The number of likely N-dealkylation sites (tertiary alicyclic amines) is 1. The van der Waals surface area contributed by atoms with Crippen LogP contribution in [0.15, 0.2) is 0 Å². The summed E-state index contributed by atoms with van der Waals surface area (Å²) in [6.45, 7) is 4.79. The summed E-state index contributed by atoms with van der Waals surface area (Å²) in [5, 5.41) is 13.8. The van der Waals surface area contributed by atoms with Gasteiger partial charge in [-0.25, -0.2) is 0 Å². The first-order valence-electron chi connectivity index (χ1n) is 7.09. The van der Waals surface area contributed by atoms with Gasteiger partial charge >= 0.3 is 5.97 Å². The highest BCUT2D eigenvalue weighted by Crippen LogP contribution is 2.25. The molecule has 1 atom stereocenters. The first-order valence-corrected chi connectivity index (χ1v) is 7.47. The van der Waals surface area contributed by atoms with Gasteiger partial charge in [-0.3, -0.25) is 14.4 Å². The molecule has 1 aliphatic rings. The largest absolute Gasteiger partial charge is 0.481 e. The molecule has 1 unspecified atom stereocenters. The van der Waals surface area contributed by atoms with Crippen LogP contribution in [0.4, 0.5) is 0 Å². The number of hydrogen-bond donors (Lipinski definition) is 1. The van der Waals surface area contributed by atoms with Crippen molar-refractivity contribution < 1.29 is 9.90 Å². The Bertz CT molecular complexity index is 487. The fourth-order valence-electron chi connectivity index (χ4n) is 2.94. The molecule has 20 heavy (non-hydrogen) atoms. The lowest BCUT2D eigenvalue weighted by atomic mass is 9.93. The number of carboxylic acids is 1. The van der Waals surface area contributed by atoms with Crippen LogP contribution in [0.1, 0.15) is 36.9 Å². The maximum Gasteiger partial charge on any atom is 0.303 e. The van der Waals surface area contributed by atoms with Gasteiger partial charge in [-0.1, -0.05) is 11.6 Å². The third-order valence-electron chi connectivity index (χ3n) is 4.02. The second kappa shape index (κ2) is 6.59. The molecule has 0 aromatic carbocycles. The number of aromatic nitrogens is 2. The fraction of sp³-hybridized carbons (Fsp3) is 0.714. The van der Waals surface area contributed by atoms with Crippen LogP contribution < -0.4 is 0 Å². The van der Waals surface area contributed by atoms with Crippen LogP contribution in [0.3, 0.4) is 0 Å². The van der Waals surface area contributed by atoms with Crippen molar-refractivity contribution in [1.29, 1.82) is 0 Å². The van der Waals surface area contributed by atoms with E-state index in [1.807, 2.05) is 14.0 Å². The van der Waals surface area contributed by atoms with Gasteiger partial charge in [0.15, 0.2) is 0 Å². The molecule has 1 fully saturated rings. The molecule has 0 radical (unpaired) electrons. The highest BCUT2D eigenvalue weighted by molar-refractivity contribution is 6.30. The Balaban J connectivity index is 1.94. The Kier molecular flexibility index (Phi) is 5.05. The summed E-state index contributed by atoms with van der Waals surface area (Å²) in [5.41, 5.74) is 2.07. The number of rotatable bonds is 5. The van der Waals surface area contributed by atoms with Crippen LogP contribution >= 0.6 is 11.6 Å². The monoisotopic (exact) mass is 299 g/mol. The minimum atomic E-state index is -0.701. The van der Waals surface area contributed by atoms with Crippen molar-refractivity contribution in [3.05, 3.63) is 16.4 Å². The molecule has 0 amide bonds. The van der Waals surface area contributed by atoms with E-state index in [9.17, 15) is 4.79 Å². The number of aryl methyl sites for hydroxylation is 2. The van der Waals surface area contributed by atoms with Crippen LogP contribution in [-0.2, 0) is 18.4 Å². The molecule has 1 aromatic rings. The third kappa shape index (κ3) is 3.73. The molecule has 2 heterocycles. The van der Waals surface area contributed by atoms with Crippen molar-refractivity contribution in [1.82, 2.24) is 14.7 Å². The molecule has 1 N–H and O–H groups in total. The molecular formula is C14H22ClN3O2. The minimum absolute atomic E-state index is 0.269. The second-order valence-electron chi connectivity index (χ2n) is 5.65. The molecule has 1 aromatic heterocycles. The molecule has 2 rings (SSSR count). The van der Waals surface area contributed by atoms with Gasteiger partial charge in [0.05, 0.1) is 5.69 Å². The zero-order valence-electron chi connectivity index (χ0n) is 12.1. The summed E-state index contributed by atoms with van der Waals surface area (Å²) in [6, 6.07) is 0. The summed E-state index contributed by atoms with van der Waals surface area (Å²) >= 11 is 6.27. The van der Waals surface area contributed by atoms with Crippen LogP contribution in [0.5, 0.6) is 0 Å².